The SMILES string of the molecule is O=S(=O)(F)[C-](S(=O)(=O)F)S(=O)(=O)F.[K+]. The number of halogens is 3. The normalized spacial score (nSPS) is 13.7. The molecule has 0 amide bonds. The zero-order chi connectivity index (χ0) is 11.1. The summed E-state index contributed by atoms with van der Waals surface area (Å²) in [4.78, 5) is 0. The van der Waals surface area contributed by atoms with Crippen molar-refractivity contribution in [3.63, 3.8) is 0 Å². The van der Waals surface area contributed by atoms with E-state index in [9.17, 15) is 36.9 Å². The first-order valence-electron chi connectivity index (χ1n) is 2.08. The van der Waals surface area contributed by atoms with Gasteiger partial charge in [0.1, 0.15) is 3.91 Å². The second-order valence-electron chi connectivity index (χ2n) is 1.56. The van der Waals surface area contributed by atoms with Crippen molar-refractivity contribution in [1.82, 2.24) is 0 Å². The maximum absolute atomic E-state index is 11.7. The Labute approximate surface area is 121 Å². The molecule has 14 heavy (non-hydrogen) atoms. The van der Waals surface area contributed by atoms with Gasteiger partial charge in [-0.2, -0.15) is 0 Å². The molecule has 0 saturated carbocycles. The van der Waals surface area contributed by atoms with Crippen LogP contribution in [0.1, 0.15) is 0 Å². The third-order valence-electron chi connectivity index (χ3n) is 0.597. The molecule has 0 aromatic rings. The van der Waals surface area contributed by atoms with Crippen molar-refractivity contribution in [3.8, 4) is 0 Å². The van der Waals surface area contributed by atoms with Crippen LogP contribution in [0.4, 0.5) is 11.7 Å². The van der Waals surface area contributed by atoms with Gasteiger partial charge in [0.15, 0.2) is 0 Å². The molecule has 0 bridgehead atoms. The average molecular weight is 300 g/mol. The first-order chi connectivity index (χ1) is 5.37. The summed E-state index contributed by atoms with van der Waals surface area (Å²) in [6.45, 7) is 0. The molecule has 0 atom stereocenters. The zero-order valence-electron chi connectivity index (χ0n) is 6.31. The van der Waals surface area contributed by atoms with Gasteiger partial charge in [0, 0.05) is 0 Å². The first kappa shape index (κ1) is 17.7. The summed E-state index contributed by atoms with van der Waals surface area (Å²) in [5.74, 6) is 0. The Morgan fingerprint density at radius 3 is 0.786 bits per heavy atom. The van der Waals surface area contributed by atoms with E-state index >= 15 is 0 Å². The summed E-state index contributed by atoms with van der Waals surface area (Å²) in [6.07, 6.45) is 0. The summed E-state index contributed by atoms with van der Waals surface area (Å²) in [5.41, 5.74) is 0. The molecule has 0 aliphatic rings. The molecule has 0 aliphatic heterocycles. The summed E-state index contributed by atoms with van der Waals surface area (Å²) in [6, 6.07) is 0. The maximum atomic E-state index is 11.7. The predicted octanol–water partition coefficient (Wildman–Crippen LogP) is -3.66. The van der Waals surface area contributed by atoms with E-state index in [2.05, 4.69) is 0 Å². The number of hydrogen-bond acceptors (Lipinski definition) is 6. The van der Waals surface area contributed by atoms with Crippen molar-refractivity contribution in [1.29, 1.82) is 0 Å². The van der Waals surface area contributed by atoms with Crippen LogP contribution in [0.3, 0.4) is 0 Å². The van der Waals surface area contributed by atoms with Crippen LogP contribution in [-0.4, -0.2) is 25.3 Å². The van der Waals surface area contributed by atoms with E-state index in [0.717, 1.165) is 0 Å². The predicted molar refractivity (Wildman–Crippen MR) is 33.3 cm³/mol. The Hall–Kier alpha value is 1.28. The van der Waals surface area contributed by atoms with Crippen LogP contribution in [-0.2, 0) is 30.7 Å². The molecule has 0 spiro atoms. The van der Waals surface area contributed by atoms with Crippen molar-refractivity contribution in [3.05, 3.63) is 3.91 Å². The van der Waals surface area contributed by atoms with E-state index in [4.69, 9.17) is 0 Å². The van der Waals surface area contributed by atoms with Gasteiger partial charge in [0.25, 0.3) is 0 Å². The van der Waals surface area contributed by atoms with Gasteiger partial charge in [-0.25, -0.2) is 25.3 Å². The summed E-state index contributed by atoms with van der Waals surface area (Å²) >= 11 is 0. The largest absolute Gasteiger partial charge is 1.00 e. The average Bonchev–Trinajstić information content (AvgIpc) is 1.44. The Morgan fingerprint density at radius 1 is 0.643 bits per heavy atom. The molecule has 13 heteroatoms. The fourth-order valence-corrected chi connectivity index (χ4v) is 3.21. The van der Waals surface area contributed by atoms with E-state index < -0.39 is 34.6 Å². The van der Waals surface area contributed by atoms with Gasteiger partial charge in [-0.05, 0) is 0 Å². The van der Waals surface area contributed by atoms with Gasteiger partial charge < -0.3 is 0 Å². The summed E-state index contributed by atoms with van der Waals surface area (Å²) in [5, 5.41) is 0. The first-order valence-corrected chi connectivity index (χ1v) is 6.23. The monoisotopic (exact) mass is 300 g/mol. The molecule has 0 N–H and O–H groups in total. The number of rotatable bonds is 3. The van der Waals surface area contributed by atoms with Gasteiger partial charge in [-0.15, -0.1) is 11.7 Å². The molecule has 0 aromatic carbocycles. The van der Waals surface area contributed by atoms with Crippen molar-refractivity contribution >= 4 is 30.7 Å². The Morgan fingerprint density at radius 2 is 0.786 bits per heavy atom. The van der Waals surface area contributed by atoms with Crippen molar-refractivity contribution in [2.75, 3.05) is 0 Å². The molecule has 0 rings (SSSR count). The van der Waals surface area contributed by atoms with Gasteiger partial charge >= 0.3 is 51.4 Å². The van der Waals surface area contributed by atoms with Crippen LogP contribution in [0, 0.1) is 3.91 Å². The Kier molecular flexibility index (Phi) is 6.40. The molecule has 0 aliphatic carbocycles. The fourth-order valence-electron chi connectivity index (χ4n) is 0.357. The second-order valence-corrected chi connectivity index (χ2v) is 6.19. The van der Waals surface area contributed by atoms with E-state index in [0.29, 0.717) is 0 Å². The Bertz CT molecular complexity index is 410. The minimum atomic E-state index is -6.49. The van der Waals surface area contributed by atoms with E-state index in [1.54, 1.807) is 0 Å². The zero-order valence-corrected chi connectivity index (χ0v) is 11.9. The molecular weight excluding hydrogens is 300 g/mol. The van der Waals surface area contributed by atoms with Crippen LogP contribution in [0.15, 0.2) is 0 Å². The molecule has 0 unspecified atom stereocenters. The van der Waals surface area contributed by atoms with Gasteiger partial charge in [-0.3, -0.25) is 0 Å². The second kappa shape index (κ2) is 5.07. The summed E-state index contributed by atoms with van der Waals surface area (Å²) < 4.78 is 89.9. The molecule has 6 nitrogen and oxygen atoms in total. The fraction of sp³-hybridized carbons (Fsp3) is 0. The van der Waals surface area contributed by atoms with Crippen LogP contribution < -0.4 is 51.4 Å². The summed E-state index contributed by atoms with van der Waals surface area (Å²) in [7, 11) is -19.5. The van der Waals surface area contributed by atoms with Crippen molar-refractivity contribution in [2.45, 2.75) is 0 Å². The minimum Gasteiger partial charge on any atom is -0.227 e. The molecule has 80 valence electrons. The molecule has 0 saturated heterocycles. The molecular formula is CF3KO6S3. The minimum absolute atomic E-state index is 0. The third kappa shape index (κ3) is 5.38. The van der Waals surface area contributed by atoms with Gasteiger partial charge in [0.2, 0.25) is 30.7 Å². The molecule has 0 aromatic heterocycles. The van der Waals surface area contributed by atoms with E-state index in [-0.39, 0.29) is 51.4 Å². The molecule has 0 radical (unpaired) electrons. The van der Waals surface area contributed by atoms with Crippen molar-refractivity contribution < 1.29 is 88.3 Å². The maximum Gasteiger partial charge on any atom is 1.00 e. The van der Waals surface area contributed by atoms with Gasteiger partial charge in [-0.1, -0.05) is 0 Å². The Balaban J connectivity index is 0. The standard InChI is InChI=1S/CF3O6S3.K/c2-11(5,6)1(12(3,7)8)13(4,9)10;/q-1;+1. The smallest absolute Gasteiger partial charge is 0.227 e. The third-order valence-corrected chi connectivity index (χ3v) is 5.38. The topological polar surface area (TPSA) is 102 Å². The van der Waals surface area contributed by atoms with E-state index in [1.807, 2.05) is 0 Å². The van der Waals surface area contributed by atoms with Crippen molar-refractivity contribution in [2.24, 2.45) is 0 Å². The number of hydrogen-bond donors (Lipinski definition) is 0. The van der Waals surface area contributed by atoms with Crippen LogP contribution in [0.2, 0.25) is 0 Å². The van der Waals surface area contributed by atoms with Crippen LogP contribution in [0.5, 0.6) is 0 Å². The van der Waals surface area contributed by atoms with E-state index in [1.165, 1.54) is 0 Å². The molecule has 0 heterocycles. The molecule has 0 fully saturated rings. The quantitative estimate of drug-likeness (QED) is 0.302. The van der Waals surface area contributed by atoms with Crippen LogP contribution in [0.25, 0.3) is 0 Å². The van der Waals surface area contributed by atoms with Gasteiger partial charge in [0.05, 0.1) is 0 Å². The van der Waals surface area contributed by atoms with Crippen LogP contribution >= 0.6 is 0 Å².